The van der Waals surface area contributed by atoms with Crippen molar-refractivity contribution < 1.29 is 19.6 Å². The molecule has 0 atom stereocenters. The third kappa shape index (κ3) is 3.85. The number of amides is 2. The number of phenols is 1. The first kappa shape index (κ1) is 21.3. The number of likely N-dealkylation sites (N-methyl/N-ethyl adjacent to an activating group) is 1. The summed E-state index contributed by atoms with van der Waals surface area (Å²) in [5.74, 6) is -1.04. The number of aromatic hydroxyl groups is 1. The Morgan fingerprint density at radius 3 is 2.53 bits per heavy atom. The standard InChI is InChI=1S/C23H22N4O5/c1-25(2)8-9-26-22(29)17-5-3-4-15-11-16(12-18(21(15)17)23(26)30)24-13-14-6-7-20(28)19(10-14)27(31)32/h3-7,10-12,24,28H,8-9,13H2,1-2H3. The highest BCUT2D eigenvalue weighted by Crippen LogP contribution is 2.33. The molecule has 164 valence electrons. The summed E-state index contributed by atoms with van der Waals surface area (Å²) in [6.45, 7) is 1.10. The quantitative estimate of drug-likeness (QED) is 0.333. The summed E-state index contributed by atoms with van der Waals surface area (Å²) in [6.07, 6.45) is 0. The van der Waals surface area contributed by atoms with Crippen molar-refractivity contribution in [3.63, 3.8) is 0 Å². The van der Waals surface area contributed by atoms with Gasteiger partial charge in [-0.3, -0.25) is 24.6 Å². The van der Waals surface area contributed by atoms with Crippen LogP contribution in [0.25, 0.3) is 10.8 Å². The summed E-state index contributed by atoms with van der Waals surface area (Å²) >= 11 is 0. The highest BCUT2D eigenvalue weighted by Gasteiger charge is 2.32. The molecule has 0 saturated carbocycles. The van der Waals surface area contributed by atoms with E-state index in [4.69, 9.17) is 0 Å². The molecule has 1 aliphatic heterocycles. The Bertz CT molecular complexity index is 1250. The van der Waals surface area contributed by atoms with Crippen LogP contribution in [0.2, 0.25) is 0 Å². The topological polar surface area (TPSA) is 116 Å². The lowest BCUT2D eigenvalue weighted by molar-refractivity contribution is -0.385. The molecular weight excluding hydrogens is 412 g/mol. The van der Waals surface area contributed by atoms with Gasteiger partial charge in [0.15, 0.2) is 5.75 Å². The van der Waals surface area contributed by atoms with Gasteiger partial charge in [0, 0.05) is 42.3 Å². The lowest BCUT2D eigenvalue weighted by Gasteiger charge is -2.28. The van der Waals surface area contributed by atoms with Gasteiger partial charge in [-0.05, 0) is 49.3 Å². The Morgan fingerprint density at radius 1 is 1.06 bits per heavy atom. The van der Waals surface area contributed by atoms with Crippen molar-refractivity contribution in [2.75, 3.05) is 32.5 Å². The molecule has 2 amide bonds. The van der Waals surface area contributed by atoms with Gasteiger partial charge in [0.05, 0.1) is 10.5 Å². The van der Waals surface area contributed by atoms with E-state index < -0.39 is 10.7 Å². The van der Waals surface area contributed by atoms with Gasteiger partial charge in [-0.25, -0.2) is 0 Å². The van der Waals surface area contributed by atoms with Crippen molar-refractivity contribution in [1.29, 1.82) is 0 Å². The monoisotopic (exact) mass is 434 g/mol. The molecule has 32 heavy (non-hydrogen) atoms. The highest BCUT2D eigenvalue weighted by atomic mass is 16.6. The summed E-state index contributed by atoms with van der Waals surface area (Å²) in [5.41, 5.74) is 1.82. The fourth-order valence-electron chi connectivity index (χ4n) is 3.79. The van der Waals surface area contributed by atoms with Crippen molar-refractivity contribution in [1.82, 2.24) is 9.80 Å². The predicted octanol–water partition coefficient (Wildman–Crippen LogP) is 3.22. The Morgan fingerprint density at radius 2 is 1.81 bits per heavy atom. The van der Waals surface area contributed by atoms with E-state index in [1.807, 2.05) is 31.1 Å². The van der Waals surface area contributed by atoms with Crippen LogP contribution in [-0.2, 0) is 6.54 Å². The van der Waals surface area contributed by atoms with E-state index in [0.29, 0.717) is 34.3 Å². The van der Waals surface area contributed by atoms with Gasteiger partial charge < -0.3 is 15.3 Å². The second-order valence-corrected chi connectivity index (χ2v) is 7.93. The molecule has 0 aliphatic carbocycles. The van der Waals surface area contributed by atoms with Crippen molar-refractivity contribution in [3.05, 3.63) is 75.3 Å². The van der Waals surface area contributed by atoms with E-state index in [-0.39, 0.29) is 30.6 Å². The largest absolute Gasteiger partial charge is 0.502 e. The SMILES string of the molecule is CN(C)CCN1C(=O)c2cccc3cc(NCc4ccc(O)c([N+](=O)[O-])c4)cc(c23)C1=O. The first-order valence-corrected chi connectivity index (χ1v) is 10.0. The number of nitro groups is 1. The fraction of sp³-hybridized carbons (Fsp3) is 0.217. The highest BCUT2D eigenvalue weighted by molar-refractivity contribution is 6.26. The third-order valence-corrected chi connectivity index (χ3v) is 5.43. The number of hydrogen-bond donors (Lipinski definition) is 2. The Labute approximate surface area is 184 Å². The number of hydrogen-bond acceptors (Lipinski definition) is 7. The maximum atomic E-state index is 13.2. The second kappa shape index (κ2) is 8.27. The molecule has 0 fully saturated rings. The molecule has 0 unspecified atom stereocenters. The molecule has 0 saturated heterocycles. The van der Waals surface area contributed by atoms with E-state index >= 15 is 0 Å². The Balaban J connectivity index is 1.67. The first-order valence-electron chi connectivity index (χ1n) is 10.0. The van der Waals surface area contributed by atoms with Gasteiger partial charge in [0.25, 0.3) is 11.8 Å². The van der Waals surface area contributed by atoms with Crippen LogP contribution in [-0.4, -0.2) is 58.8 Å². The third-order valence-electron chi connectivity index (χ3n) is 5.43. The molecule has 3 aromatic rings. The lowest BCUT2D eigenvalue weighted by Crippen LogP contribution is -2.43. The lowest BCUT2D eigenvalue weighted by atomic mass is 9.93. The fourth-order valence-corrected chi connectivity index (χ4v) is 3.79. The molecule has 0 spiro atoms. The maximum Gasteiger partial charge on any atom is 0.311 e. The second-order valence-electron chi connectivity index (χ2n) is 7.93. The molecule has 1 aliphatic rings. The van der Waals surface area contributed by atoms with Crippen molar-refractivity contribution in [3.8, 4) is 5.75 Å². The molecule has 0 radical (unpaired) electrons. The van der Waals surface area contributed by atoms with Gasteiger partial charge in [0.1, 0.15) is 0 Å². The summed E-state index contributed by atoms with van der Waals surface area (Å²) in [6, 6.07) is 13.1. The van der Waals surface area contributed by atoms with Gasteiger partial charge in [0.2, 0.25) is 0 Å². The minimum absolute atomic E-state index is 0.253. The van der Waals surface area contributed by atoms with Crippen LogP contribution < -0.4 is 5.32 Å². The van der Waals surface area contributed by atoms with E-state index in [1.165, 1.54) is 17.0 Å². The molecule has 9 nitrogen and oxygen atoms in total. The van der Waals surface area contributed by atoms with Crippen LogP contribution in [0, 0.1) is 10.1 Å². The summed E-state index contributed by atoms with van der Waals surface area (Å²) in [4.78, 5) is 39.7. The number of nitrogens with zero attached hydrogens (tertiary/aromatic N) is 3. The first-order chi connectivity index (χ1) is 15.3. The van der Waals surface area contributed by atoms with Crippen LogP contribution in [0.1, 0.15) is 26.3 Å². The van der Waals surface area contributed by atoms with Crippen LogP contribution >= 0.6 is 0 Å². The number of anilines is 1. The smallest absolute Gasteiger partial charge is 0.311 e. The molecule has 0 aromatic heterocycles. The minimum atomic E-state index is -0.640. The normalized spacial score (nSPS) is 13.2. The number of imide groups is 1. The molecule has 2 N–H and O–H groups in total. The van der Waals surface area contributed by atoms with Crippen LogP contribution in [0.15, 0.2) is 48.5 Å². The molecule has 1 heterocycles. The van der Waals surface area contributed by atoms with Gasteiger partial charge >= 0.3 is 5.69 Å². The van der Waals surface area contributed by atoms with Gasteiger partial charge in [-0.15, -0.1) is 0 Å². The molecule has 0 bridgehead atoms. The Kier molecular flexibility index (Phi) is 5.50. The zero-order valence-electron chi connectivity index (χ0n) is 17.7. The molecule has 3 aromatic carbocycles. The molecule has 4 rings (SSSR count). The Hall–Kier alpha value is -3.98. The summed E-state index contributed by atoms with van der Waals surface area (Å²) in [7, 11) is 3.76. The molecule has 9 heteroatoms. The van der Waals surface area contributed by atoms with Gasteiger partial charge in [-0.1, -0.05) is 18.2 Å². The van der Waals surface area contributed by atoms with E-state index in [9.17, 15) is 24.8 Å². The number of carbonyl (C=O) groups is 2. The van der Waals surface area contributed by atoms with E-state index in [2.05, 4.69) is 5.32 Å². The van der Waals surface area contributed by atoms with Crippen LogP contribution in [0.4, 0.5) is 11.4 Å². The van der Waals surface area contributed by atoms with Crippen molar-refractivity contribution >= 4 is 34.0 Å². The number of nitrogens with one attached hydrogen (secondary N) is 1. The number of benzene rings is 3. The molecular formula is C23H22N4O5. The van der Waals surface area contributed by atoms with Crippen molar-refractivity contribution in [2.45, 2.75) is 6.54 Å². The average Bonchev–Trinajstić information content (AvgIpc) is 2.76. The van der Waals surface area contributed by atoms with Gasteiger partial charge in [-0.2, -0.15) is 0 Å². The predicted molar refractivity (Wildman–Crippen MR) is 120 cm³/mol. The van der Waals surface area contributed by atoms with E-state index in [0.717, 1.165) is 5.39 Å². The zero-order chi connectivity index (χ0) is 23.0. The average molecular weight is 434 g/mol. The summed E-state index contributed by atoms with van der Waals surface area (Å²) < 4.78 is 0. The minimum Gasteiger partial charge on any atom is -0.502 e. The number of nitro benzene ring substituents is 1. The van der Waals surface area contributed by atoms with Crippen molar-refractivity contribution in [2.24, 2.45) is 0 Å². The number of carbonyl (C=O) groups excluding carboxylic acids is 2. The number of phenolic OH excluding ortho intramolecular Hbond substituents is 1. The van der Waals surface area contributed by atoms with Crippen LogP contribution in [0.5, 0.6) is 5.75 Å². The zero-order valence-corrected chi connectivity index (χ0v) is 17.7. The maximum absolute atomic E-state index is 13.2. The summed E-state index contributed by atoms with van der Waals surface area (Å²) in [5, 5.41) is 25.3. The number of rotatable bonds is 7. The van der Waals surface area contributed by atoms with Crippen LogP contribution in [0.3, 0.4) is 0 Å². The van der Waals surface area contributed by atoms with E-state index in [1.54, 1.807) is 24.3 Å².